The average molecular weight is 292 g/mol. The molecule has 1 aromatic heterocycles. The van der Waals surface area contributed by atoms with Crippen molar-refractivity contribution in [2.24, 2.45) is 13.0 Å². The minimum Gasteiger partial charge on any atom is -0.342 e. The molecular weight excluding hydrogens is 268 g/mol. The highest BCUT2D eigenvalue weighted by Gasteiger charge is 2.36. The number of amides is 1. The zero-order chi connectivity index (χ0) is 15.1. The highest BCUT2D eigenvalue weighted by molar-refractivity contribution is 5.81. The van der Waals surface area contributed by atoms with Crippen LogP contribution in [0.15, 0.2) is 4.79 Å². The molecule has 0 spiro atoms. The molecule has 1 aromatic rings. The van der Waals surface area contributed by atoms with Gasteiger partial charge in [0.1, 0.15) is 5.82 Å². The molecule has 0 radical (unpaired) electrons. The first-order chi connectivity index (χ1) is 9.99. The van der Waals surface area contributed by atoms with Crippen molar-refractivity contribution in [2.45, 2.75) is 51.5 Å². The summed E-state index contributed by atoms with van der Waals surface area (Å²) in [5, 5.41) is 4.44. The van der Waals surface area contributed by atoms with Gasteiger partial charge in [-0.25, -0.2) is 9.48 Å². The minimum atomic E-state index is -0.0642. The number of aromatic nitrogens is 3. The third-order valence-electron chi connectivity index (χ3n) is 4.52. The Bertz CT molecular complexity index is 597. The average Bonchev–Trinajstić information content (AvgIpc) is 3.25. The second-order valence-electron chi connectivity index (χ2n) is 6.63. The van der Waals surface area contributed by atoms with Crippen LogP contribution in [-0.2, 0) is 11.8 Å². The van der Waals surface area contributed by atoms with E-state index in [2.05, 4.69) is 5.10 Å². The van der Waals surface area contributed by atoms with E-state index < -0.39 is 0 Å². The van der Waals surface area contributed by atoms with Gasteiger partial charge in [-0.15, -0.1) is 0 Å². The lowest BCUT2D eigenvalue weighted by atomic mass is 9.96. The SMILES string of the molecule is CC(C)n1c(C2CCCN(C(=O)C3CC3)C2)nn(C)c1=O. The van der Waals surface area contributed by atoms with E-state index in [1.54, 1.807) is 11.6 Å². The topological polar surface area (TPSA) is 60.1 Å². The number of piperidine rings is 1. The Balaban J connectivity index is 1.84. The van der Waals surface area contributed by atoms with Crippen molar-refractivity contribution in [1.29, 1.82) is 0 Å². The molecule has 2 fully saturated rings. The van der Waals surface area contributed by atoms with Gasteiger partial charge in [0, 0.05) is 38.0 Å². The molecular formula is C15H24N4O2. The summed E-state index contributed by atoms with van der Waals surface area (Å²) in [5.74, 6) is 1.58. The van der Waals surface area contributed by atoms with Crippen molar-refractivity contribution in [3.63, 3.8) is 0 Å². The fourth-order valence-corrected chi connectivity index (χ4v) is 3.24. The molecule has 21 heavy (non-hydrogen) atoms. The van der Waals surface area contributed by atoms with Crippen molar-refractivity contribution in [3.05, 3.63) is 16.3 Å². The van der Waals surface area contributed by atoms with E-state index in [1.807, 2.05) is 18.7 Å². The van der Waals surface area contributed by atoms with Crippen LogP contribution < -0.4 is 5.69 Å². The maximum atomic E-state index is 12.3. The molecule has 0 bridgehead atoms. The molecule has 116 valence electrons. The number of likely N-dealkylation sites (tertiary alicyclic amines) is 1. The molecule has 1 unspecified atom stereocenters. The predicted octanol–water partition coefficient (Wildman–Crippen LogP) is 1.28. The fourth-order valence-electron chi connectivity index (χ4n) is 3.24. The number of hydrogen-bond donors (Lipinski definition) is 0. The normalized spacial score (nSPS) is 22.9. The first kappa shape index (κ1) is 14.4. The summed E-state index contributed by atoms with van der Waals surface area (Å²) in [5.41, 5.74) is -0.0642. The summed E-state index contributed by atoms with van der Waals surface area (Å²) in [6, 6.07) is 0.0933. The number of carbonyl (C=O) groups excluding carboxylic acids is 1. The third kappa shape index (κ3) is 2.63. The number of carbonyl (C=O) groups is 1. The minimum absolute atomic E-state index is 0.0642. The van der Waals surface area contributed by atoms with Gasteiger partial charge < -0.3 is 4.90 Å². The summed E-state index contributed by atoms with van der Waals surface area (Å²) in [7, 11) is 1.70. The van der Waals surface area contributed by atoms with Crippen LogP contribution in [0.4, 0.5) is 0 Å². The van der Waals surface area contributed by atoms with E-state index in [0.717, 1.165) is 38.1 Å². The van der Waals surface area contributed by atoms with E-state index in [0.29, 0.717) is 12.5 Å². The molecule has 6 nitrogen and oxygen atoms in total. The molecule has 2 heterocycles. The van der Waals surface area contributed by atoms with Gasteiger partial charge in [-0.3, -0.25) is 9.36 Å². The lowest BCUT2D eigenvalue weighted by Crippen LogP contribution is -2.41. The van der Waals surface area contributed by atoms with E-state index in [-0.39, 0.29) is 23.6 Å². The number of nitrogens with zero attached hydrogens (tertiary/aromatic N) is 4. The van der Waals surface area contributed by atoms with E-state index in [4.69, 9.17) is 0 Å². The second kappa shape index (κ2) is 5.31. The van der Waals surface area contributed by atoms with E-state index >= 15 is 0 Å². The summed E-state index contributed by atoms with van der Waals surface area (Å²) in [4.78, 5) is 26.4. The van der Waals surface area contributed by atoms with Crippen LogP contribution in [0.25, 0.3) is 0 Å². The maximum Gasteiger partial charge on any atom is 0.345 e. The number of aryl methyl sites for hydroxylation is 1. The van der Waals surface area contributed by atoms with Crippen molar-refractivity contribution < 1.29 is 4.79 Å². The van der Waals surface area contributed by atoms with Crippen molar-refractivity contribution in [2.75, 3.05) is 13.1 Å². The Morgan fingerprint density at radius 1 is 1.29 bits per heavy atom. The van der Waals surface area contributed by atoms with Crippen LogP contribution in [0.1, 0.15) is 57.3 Å². The van der Waals surface area contributed by atoms with Gasteiger partial charge in [-0.2, -0.15) is 5.10 Å². The summed E-state index contributed by atoms with van der Waals surface area (Å²) in [6.45, 7) is 5.56. The Morgan fingerprint density at radius 3 is 2.62 bits per heavy atom. The van der Waals surface area contributed by atoms with E-state index in [1.165, 1.54) is 4.68 Å². The van der Waals surface area contributed by atoms with Gasteiger partial charge in [0.05, 0.1) is 0 Å². The predicted molar refractivity (Wildman–Crippen MR) is 79.1 cm³/mol. The molecule has 1 amide bonds. The van der Waals surface area contributed by atoms with Crippen LogP contribution in [0.2, 0.25) is 0 Å². The van der Waals surface area contributed by atoms with Gasteiger partial charge >= 0.3 is 5.69 Å². The smallest absolute Gasteiger partial charge is 0.342 e. The van der Waals surface area contributed by atoms with Crippen molar-refractivity contribution in [3.8, 4) is 0 Å². The molecule has 1 aliphatic heterocycles. The largest absolute Gasteiger partial charge is 0.345 e. The number of rotatable bonds is 3. The Hall–Kier alpha value is -1.59. The van der Waals surface area contributed by atoms with Crippen LogP contribution in [0, 0.1) is 5.92 Å². The van der Waals surface area contributed by atoms with E-state index in [9.17, 15) is 9.59 Å². The molecule has 1 aliphatic carbocycles. The molecule has 1 saturated heterocycles. The molecule has 0 N–H and O–H groups in total. The molecule has 1 saturated carbocycles. The standard InChI is InChI=1S/C15H24N4O2/c1-10(2)19-13(16-17(3)15(19)21)12-5-4-8-18(9-12)14(20)11-6-7-11/h10-12H,4-9H2,1-3H3. The summed E-state index contributed by atoms with van der Waals surface area (Å²) < 4.78 is 3.19. The van der Waals surface area contributed by atoms with Gasteiger partial charge in [-0.05, 0) is 39.5 Å². The Labute approximate surface area is 124 Å². The quantitative estimate of drug-likeness (QED) is 0.843. The van der Waals surface area contributed by atoms with Gasteiger partial charge in [-0.1, -0.05) is 0 Å². The van der Waals surface area contributed by atoms with Crippen LogP contribution in [0.3, 0.4) is 0 Å². The highest BCUT2D eigenvalue weighted by atomic mass is 16.2. The van der Waals surface area contributed by atoms with Crippen LogP contribution in [-0.4, -0.2) is 38.2 Å². The Kier molecular flexibility index (Phi) is 3.63. The van der Waals surface area contributed by atoms with Gasteiger partial charge in [0.15, 0.2) is 0 Å². The Morgan fingerprint density at radius 2 is 2.00 bits per heavy atom. The third-order valence-corrected chi connectivity index (χ3v) is 4.52. The molecule has 3 rings (SSSR count). The maximum absolute atomic E-state index is 12.3. The van der Waals surface area contributed by atoms with Crippen molar-refractivity contribution >= 4 is 5.91 Å². The fraction of sp³-hybridized carbons (Fsp3) is 0.800. The lowest BCUT2D eigenvalue weighted by Gasteiger charge is -2.32. The van der Waals surface area contributed by atoms with Gasteiger partial charge in [0.2, 0.25) is 5.91 Å². The monoisotopic (exact) mass is 292 g/mol. The zero-order valence-corrected chi connectivity index (χ0v) is 13.1. The molecule has 6 heteroatoms. The second-order valence-corrected chi connectivity index (χ2v) is 6.63. The first-order valence-corrected chi connectivity index (χ1v) is 7.93. The van der Waals surface area contributed by atoms with Crippen molar-refractivity contribution in [1.82, 2.24) is 19.2 Å². The molecule has 0 aromatic carbocycles. The highest BCUT2D eigenvalue weighted by Crippen LogP contribution is 2.34. The molecule has 2 aliphatic rings. The molecule has 1 atom stereocenters. The van der Waals surface area contributed by atoms with Gasteiger partial charge in [0.25, 0.3) is 0 Å². The summed E-state index contributed by atoms with van der Waals surface area (Å²) in [6.07, 6.45) is 4.07. The first-order valence-electron chi connectivity index (χ1n) is 7.93. The lowest BCUT2D eigenvalue weighted by molar-refractivity contribution is -0.133. The van der Waals surface area contributed by atoms with Crippen LogP contribution >= 0.6 is 0 Å². The zero-order valence-electron chi connectivity index (χ0n) is 13.1. The summed E-state index contributed by atoms with van der Waals surface area (Å²) >= 11 is 0. The van der Waals surface area contributed by atoms with Crippen LogP contribution in [0.5, 0.6) is 0 Å². The number of hydrogen-bond acceptors (Lipinski definition) is 3.